The van der Waals surface area contributed by atoms with E-state index in [-0.39, 0.29) is 17.9 Å². The predicted molar refractivity (Wildman–Crippen MR) is 76.0 cm³/mol. The molecule has 0 aliphatic carbocycles. The second-order valence-corrected chi connectivity index (χ2v) is 5.57. The van der Waals surface area contributed by atoms with Gasteiger partial charge in [0.2, 0.25) is 11.8 Å². The van der Waals surface area contributed by atoms with Crippen molar-refractivity contribution in [3.05, 3.63) is 23.9 Å². The lowest BCUT2D eigenvalue weighted by Crippen LogP contribution is -2.55. The molecule has 2 aliphatic heterocycles. The lowest BCUT2D eigenvalue weighted by Gasteiger charge is -2.41. The van der Waals surface area contributed by atoms with E-state index in [0.717, 1.165) is 12.8 Å². The van der Waals surface area contributed by atoms with Crippen LogP contribution in [0.25, 0.3) is 0 Å². The lowest BCUT2D eigenvalue weighted by atomic mass is 9.85. The van der Waals surface area contributed by atoms with E-state index in [9.17, 15) is 9.59 Å². The topological polar surface area (TPSA) is 71.5 Å². The molecule has 3 rings (SSSR count). The lowest BCUT2D eigenvalue weighted by molar-refractivity contribution is -0.125. The van der Waals surface area contributed by atoms with Crippen LogP contribution in [0.1, 0.15) is 29.6 Å². The molecule has 2 fully saturated rings. The van der Waals surface area contributed by atoms with Crippen LogP contribution in [0.5, 0.6) is 5.88 Å². The first-order valence-corrected chi connectivity index (χ1v) is 7.26. The van der Waals surface area contributed by atoms with Crippen molar-refractivity contribution in [3.63, 3.8) is 0 Å². The largest absolute Gasteiger partial charge is 0.480 e. The van der Waals surface area contributed by atoms with Crippen molar-refractivity contribution >= 4 is 11.8 Å². The normalized spacial score (nSPS) is 25.0. The molecule has 3 heterocycles. The highest BCUT2D eigenvalue weighted by atomic mass is 16.5. The Balaban J connectivity index is 1.73. The fraction of sp³-hybridized carbons (Fsp3) is 0.533. The number of aromatic nitrogens is 1. The zero-order valence-electron chi connectivity index (χ0n) is 12.0. The summed E-state index contributed by atoms with van der Waals surface area (Å²) < 4.78 is 5.16. The molecule has 0 bridgehead atoms. The van der Waals surface area contributed by atoms with Crippen LogP contribution in [0.4, 0.5) is 0 Å². The second-order valence-electron chi connectivity index (χ2n) is 5.57. The van der Waals surface area contributed by atoms with Gasteiger partial charge in [-0.05, 0) is 30.9 Å². The molecular weight excluding hydrogens is 270 g/mol. The number of methoxy groups -OCH3 is 1. The number of pyridine rings is 1. The number of hydrogen-bond donors (Lipinski definition) is 1. The first-order valence-electron chi connectivity index (χ1n) is 7.26. The molecule has 0 saturated carbocycles. The number of piperidine rings is 2. The van der Waals surface area contributed by atoms with Crippen molar-refractivity contribution in [1.82, 2.24) is 15.2 Å². The van der Waals surface area contributed by atoms with Crippen molar-refractivity contribution in [2.75, 3.05) is 20.2 Å². The number of nitrogens with one attached hydrogen (secondary N) is 1. The van der Waals surface area contributed by atoms with E-state index >= 15 is 0 Å². The van der Waals surface area contributed by atoms with Gasteiger partial charge in [0.25, 0.3) is 5.91 Å². The van der Waals surface area contributed by atoms with Crippen LogP contribution in [-0.4, -0.2) is 47.9 Å². The smallest absolute Gasteiger partial charge is 0.259 e. The van der Waals surface area contributed by atoms with Gasteiger partial charge in [-0.15, -0.1) is 0 Å². The molecule has 2 atom stereocenters. The summed E-state index contributed by atoms with van der Waals surface area (Å²) in [6.45, 7) is 1.33. The summed E-state index contributed by atoms with van der Waals surface area (Å²) in [5.74, 6) is 0.796. The third kappa shape index (κ3) is 2.70. The Morgan fingerprint density at radius 1 is 1.48 bits per heavy atom. The summed E-state index contributed by atoms with van der Waals surface area (Å²) in [6.07, 6.45) is 3.83. The van der Waals surface area contributed by atoms with E-state index in [0.29, 0.717) is 36.9 Å². The van der Waals surface area contributed by atoms with Crippen LogP contribution in [0, 0.1) is 5.92 Å². The first-order chi connectivity index (χ1) is 10.2. The van der Waals surface area contributed by atoms with Crippen LogP contribution in [-0.2, 0) is 4.79 Å². The van der Waals surface area contributed by atoms with Crippen molar-refractivity contribution in [2.45, 2.75) is 25.3 Å². The second kappa shape index (κ2) is 5.71. The molecule has 6 heteroatoms. The van der Waals surface area contributed by atoms with Crippen LogP contribution in [0.15, 0.2) is 18.3 Å². The van der Waals surface area contributed by atoms with E-state index < -0.39 is 0 Å². The number of rotatable bonds is 2. The number of likely N-dealkylation sites (tertiary alicyclic amines) is 1. The van der Waals surface area contributed by atoms with E-state index in [1.807, 2.05) is 4.90 Å². The molecule has 0 radical (unpaired) electrons. The van der Waals surface area contributed by atoms with Crippen LogP contribution < -0.4 is 10.1 Å². The minimum atomic E-state index is -0.0460. The molecule has 2 aliphatic rings. The van der Waals surface area contributed by atoms with Gasteiger partial charge in [-0.2, -0.15) is 0 Å². The quantitative estimate of drug-likeness (QED) is 0.875. The van der Waals surface area contributed by atoms with Gasteiger partial charge in [-0.1, -0.05) is 0 Å². The van der Waals surface area contributed by atoms with Gasteiger partial charge in [0.15, 0.2) is 0 Å². The molecule has 6 nitrogen and oxygen atoms in total. The summed E-state index contributed by atoms with van der Waals surface area (Å²) in [4.78, 5) is 30.0. The molecule has 112 valence electrons. The van der Waals surface area contributed by atoms with E-state index in [2.05, 4.69) is 10.3 Å². The highest BCUT2D eigenvalue weighted by Crippen LogP contribution is 2.27. The maximum Gasteiger partial charge on any atom is 0.259 e. The molecule has 1 aromatic heterocycles. The van der Waals surface area contributed by atoms with Gasteiger partial charge >= 0.3 is 0 Å². The monoisotopic (exact) mass is 289 g/mol. The molecular formula is C15H19N3O3. The van der Waals surface area contributed by atoms with E-state index in [1.54, 1.807) is 18.3 Å². The Hall–Kier alpha value is -2.11. The molecule has 2 amide bonds. The molecule has 0 spiro atoms. The van der Waals surface area contributed by atoms with Crippen LogP contribution in [0.3, 0.4) is 0 Å². The van der Waals surface area contributed by atoms with Gasteiger partial charge in [0.05, 0.1) is 7.11 Å². The molecule has 1 aromatic rings. The van der Waals surface area contributed by atoms with Gasteiger partial charge in [0.1, 0.15) is 5.56 Å². The standard InChI is InChI=1S/C15H19N3O3/c1-21-14-11(3-2-7-16-14)15(20)18-8-6-12-10(9-18)4-5-13(19)17-12/h2-3,7,10,12H,4-6,8-9H2,1H3,(H,17,19). The Morgan fingerprint density at radius 3 is 3.14 bits per heavy atom. The number of fused-ring (bicyclic) bond motifs is 1. The maximum absolute atomic E-state index is 12.6. The van der Waals surface area contributed by atoms with Crippen molar-refractivity contribution < 1.29 is 14.3 Å². The zero-order chi connectivity index (χ0) is 14.8. The zero-order valence-corrected chi connectivity index (χ0v) is 12.0. The van der Waals surface area contributed by atoms with Gasteiger partial charge < -0.3 is 15.0 Å². The van der Waals surface area contributed by atoms with Gasteiger partial charge in [-0.25, -0.2) is 4.98 Å². The fourth-order valence-electron chi connectivity index (χ4n) is 3.18. The molecule has 2 saturated heterocycles. The summed E-state index contributed by atoms with van der Waals surface area (Å²) in [5, 5.41) is 3.03. The molecule has 21 heavy (non-hydrogen) atoms. The fourth-order valence-corrected chi connectivity index (χ4v) is 3.18. The Morgan fingerprint density at radius 2 is 2.33 bits per heavy atom. The number of nitrogens with zero attached hydrogens (tertiary/aromatic N) is 2. The van der Waals surface area contributed by atoms with Crippen molar-refractivity contribution in [3.8, 4) is 5.88 Å². The summed E-state index contributed by atoms with van der Waals surface area (Å²) in [7, 11) is 1.52. The minimum absolute atomic E-state index is 0.0460. The highest BCUT2D eigenvalue weighted by Gasteiger charge is 2.36. The SMILES string of the molecule is COc1ncccc1C(=O)N1CCC2NC(=O)CCC2C1. The number of ether oxygens (including phenoxy) is 1. The molecule has 2 unspecified atom stereocenters. The Labute approximate surface area is 123 Å². The first kappa shape index (κ1) is 13.9. The molecule has 1 N–H and O–H groups in total. The van der Waals surface area contributed by atoms with Crippen LogP contribution >= 0.6 is 0 Å². The van der Waals surface area contributed by atoms with Crippen molar-refractivity contribution in [2.24, 2.45) is 5.92 Å². The summed E-state index contributed by atoms with van der Waals surface area (Å²) in [5.41, 5.74) is 0.498. The minimum Gasteiger partial charge on any atom is -0.480 e. The van der Waals surface area contributed by atoms with Crippen LogP contribution in [0.2, 0.25) is 0 Å². The Bertz CT molecular complexity index is 561. The highest BCUT2D eigenvalue weighted by molar-refractivity contribution is 5.96. The predicted octanol–water partition coefficient (Wildman–Crippen LogP) is 0.831. The maximum atomic E-state index is 12.6. The number of carbonyl (C=O) groups excluding carboxylic acids is 2. The van der Waals surface area contributed by atoms with Gasteiger partial charge in [0, 0.05) is 31.7 Å². The summed E-state index contributed by atoms with van der Waals surface area (Å²) >= 11 is 0. The number of amides is 2. The average molecular weight is 289 g/mol. The molecule has 0 aromatic carbocycles. The van der Waals surface area contributed by atoms with E-state index in [4.69, 9.17) is 4.74 Å². The third-order valence-corrected chi connectivity index (χ3v) is 4.30. The van der Waals surface area contributed by atoms with E-state index in [1.165, 1.54) is 7.11 Å². The average Bonchev–Trinajstić information content (AvgIpc) is 2.53. The third-order valence-electron chi connectivity index (χ3n) is 4.30. The number of hydrogen-bond acceptors (Lipinski definition) is 4. The number of carbonyl (C=O) groups is 2. The summed E-state index contributed by atoms with van der Waals surface area (Å²) in [6, 6.07) is 3.69. The Kier molecular flexibility index (Phi) is 3.77. The van der Waals surface area contributed by atoms with Crippen molar-refractivity contribution in [1.29, 1.82) is 0 Å². The van der Waals surface area contributed by atoms with Gasteiger partial charge in [-0.3, -0.25) is 9.59 Å².